The number of amides is 1. The third-order valence-electron chi connectivity index (χ3n) is 4.70. The van der Waals surface area contributed by atoms with Crippen LogP contribution < -0.4 is 4.72 Å². The van der Waals surface area contributed by atoms with Crippen molar-refractivity contribution in [1.29, 1.82) is 0 Å². The van der Waals surface area contributed by atoms with Gasteiger partial charge in [0.15, 0.2) is 4.90 Å². The Morgan fingerprint density at radius 1 is 1.23 bits per heavy atom. The Labute approximate surface area is 146 Å². The van der Waals surface area contributed by atoms with Crippen molar-refractivity contribution >= 4 is 27.5 Å². The molecule has 1 amide bonds. The zero-order valence-electron chi connectivity index (χ0n) is 13.1. The van der Waals surface area contributed by atoms with Crippen LogP contribution in [0.2, 0.25) is 0 Å². The summed E-state index contributed by atoms with van der Waals surface area (Å²) in [5.74, 6) is 0. The van der Waals surface area contributed by atoms with Crippen LogP contribution in [0.1, 0.15) is 19.3 Å². The second kappa shape index (κ2) is 6.17. The molecular weight excluding hydrogens is 372 g/mol. The molecule has 1 aromatic carbocycles. The second-order valence-electron chi connectivity index (χ2n) is 6.12. The molecule has 0 radical (unpaired) electrons. The van der Waals surface area contributed by atoms with Crippen molar-refractivity contribution < 1.29 is 28.2 Å². The predicted octanol–water partition coefficient (Wildman–Crippen LogP) is 1.06. The van der Waals surface area contributed by atoms with E-state index >= 15 is 0 Å². The summed E-state index contributed by atoms with van der Waals surface area (Å²) < 4.78 is 27.5. The van der Waals surface area contributed by atoms with Crippen LogP contribution in [0.25, 0.3) is 0 Å². The molecule has 0 spiro atoms. The number of hydrogen-bond acceptors (Lipinski definition) is 7. The molecule has 12 nitrogen and oxygen atoms in total. The second-order valence-corrected chi connectivity index (χ2v) is 7.80. The molecule has 140 valence electrons. The van der Waals surface area contributed by atoms with Gasteiger partial charge in [-0.05, 0) is 25.3 Å². The number of benzene rings is 1. The first-order valence-corrected chi connectivity index (χ1v) is 9.06. The van der Waals surface area contributed by atoms with Crippen LogP contribution in [0.4, 0.5) is 16.2 Å². The van der Waals surface area contributed by atoms with Gasteiger partial charge in [0.05, 0.1) is 22.0 Å². The number of carboxylic acid groups (broad SMARTS) is 1. The Hall–Kier alpha value is -2.80. The van der Waals surface area contributed by atoms with Crippen molar-refractivity contribution in [3.8, 4) is 0 Å². The summed E-state index contributed by atoms with van der Waals surface area (Å²) >= 11 is 0. The number of non-ortho nitro benzene ring substituents is 1. The highest BCUT2D eigenvalue weighted by molar-refractivity contribution is 7.89. The van der Waals surface area contributed by atoms with Crippen LogP contribution in [0.3, 0.4) is 0 Å². The molecule has 2 aliphatic rings. The Balaban J connectivity index is 1.91. The summed E-state index contributed by atoms with van der Waals surface area (Å²) in [6.07, 6.45) is 0.261. The summed E-state index contributed by atoms with van der Waals surface area (Å²) in [5.41, 5.74) is -1.52. The summed E-state index contributed by atoms with van der Waals surface area (Å²) in [4.78, 5) is 31.8. The molecule has 2 heterocycles. The van der Waals surface area contributed by atoms with Gasteiger partial charge in [0.2, 0.25) is 10.0 Å². The van der Waals surface area contributed by atoms with E-state index in [-0.39, 0.29) is 12.5 Å². The fourth-order valence-corrected chi connectivity index (χ4v) is 5.10. The van der Waals surface area contributed by atoms with Crippen molar-refractivity contribution in [3.63, 3.8) is 0 Å². The summed E-state index contributed by atoms with van der Waals surface area (Å²) in [6, 6.07) is 0.720. The van der Waals surface area contributed by atoms with Gasteiger partial charge in [-0.15, -0.1) is 0 Å². The number of nitro groups is 2. The first-order valence-electron chi connectivity index (χ1n) is 7.58. The first-order chi connectivity index (χ1) is 12.1. The lowest BCUT2D eigenvalue weighted by Gasteiger charge is -2.22. The van der Waals surface area contributed by atoms with Gasteiger partial charge < -0.3 is 10.0 Å². The largest absolute Gasteiger partial charge is 0.465 e. The average molecular weight is 386 g/mol. The van der Waals surface area contributed by atoms with Gasteiger partial charge in [-0.3, -0.25) is 20.2 Å². The summed E-state index contributed by atoms with van der Waals surface area (Å²) in [5, 5.41) is 31.1. The highest BCUT2D eigenvalue weighted by atomic mass is 32.2. The minimum Gasteiger partial charge on any atom is -0.465 e. The number of nitro benzene ring substituents is 2. The molecule has 13 heteroatoms. The molecule has 1 aromatic rings. The van der Waals surface area contributed by atoms with E-state index in [9.17, 15) is 38.5 Å². The maximum atomic E-state index is 12.6. The molecule has 3 atom stereocenters. The molecule has 0 unspecified atom stereocenters. The SMILES string of the molecule is O=C(O)N1[C@H]2CC[C@@H]1[C@H](NS(=O)(=O)c1ccc([N+](=O)[O-])cc1[N+](=O)[O-])C2. The Morgan fingerprint density at radius 2 is 1.92 bits per heavy atom. The molecule has 0 aromatic heterocycles. The van der Waals surface area contributed by atoms with E-state index in [1.54, 1.807) is 0 Å². The molecule has 26 heavy (non-hydrogen) atoms. The van der Waals surface area contributed by atoms with Gasteiger partial charge in [-0.1, -0.05) is 0 Å². The summed E-state index contributed by atoms with van der Waals surface area (Å²) in [7, 11) is -4.37. The van der Waals surface area contributed by atoms with Gasteiger partial charge >= 0.3 is 6.09 Å². The highest BCUT2D eigenvalue weighted by Crippen LogP contribution is 2.39. The van der Waals surface area contributed by atoms with Gasteiger partial charge in [-0.25, -0.2) is 17.9 Å². The Kier molecular flexibility index (Phi) is 4.28. The molecular formula is C13H14N4O8S. The number of sulfonamides is 1. The van der Waals surface area contributed by atoms with Crippen molar-refractivity contribution in [1.82, 2.24) is 9.62 Å². The molecule has 2 aliphatic heterocycles. The Bertz CT molecular complexity index is 901. The quantitative estimate of drug-likeness (QED) is 0.558. The van der Waals surface area contributed by atoms with Crippen molar-refractivity contribution in [2.45, 2.75) is 42.3 Å². The number of nitrogens with zero attached hydrogens (tertiary/aromatic N) is 3. The molecule has 0 saturated carbocycles. The van der Waals surface area contributed by atoms with E-state index in [2.05, 4.69) is 4.72 Å². The summed E-state index contributed by atoms with van der Waals surface area (Å²) in [6.45, 7) is 0. The van der Waals surface area contributed by atoms with Crippen LogP contribution in [0, 0.1) is 20.2 Å². The third kappa shape index (κ3) is 2.94. The van der Waals surface area contributed by atoms with Crippen LogP contribution in [0.15, 0.2) is 23.1 Å². The molecule has 0 aliphatic carbocycles. The van der Waals surface area contributed by atoms with E-state index in [0.717, 1.165) is 12.1 Å². The number of nitrogens with one attached hydrogen (secondary N) is 1. The average Bonchev–Trinajstić information content (AvgIpc) is 3.11. The minimum absolute atomic E-state index is 0.275. The van der Waals surface area contributed by atoms with E-state index in [1.165, 1.54) is 4.90 Å². The lowest BCUT2D eigenvalue weighted by Crippen LogP contribution is -2.45. The lowest BCUT2D eigenvalue weighted by atomic mass is 9.96. The number of rotatable bonds is 5. The van der Waals surface area contributed by atoms with E-state index in [4.69, 9.17) is 0 Å². The first kappa shape index (κ1) is 18.0. The van der Waals surface area contributed by atoms with Gasteiger partial charge in [0.25, 0.3) is 11.4 Å². The fraction of sp³-hybridized carbons (Fsp3) is 0.462. The zero-order valence-corrected chi connectivity index (χ0v) is 14.0. The van der Waals surface area contributed by atoms with Crippen molar-refractivity contribution in [2.75, 3.05) is 0 Å². The smallest absolute Gasteiger partial charge is 0.407 e. The maximum absolute atomic E-state index is 12.6. The molecule has 2 fully saturated rings. The zero-order chi connectivity index (χ0) is 19.2. The monoisotopic (exact) mass is 386 g/mol. The van der Waals surface area contributed by atoms with Crippen LogP contribution in [-0.2, 0) is 10.0 Å². The van der Waals surface area contributed by atoms with Crippen molar-refractivity contribution in [2.24, 2.45) is 0 Å². The number of carbonyl (C=O) groups is 1. The molecule has 2 N–H and O–H groups in total. The van der Waals surface area contributed by atoms with Gasteiger partial charge in [0.1, 0.15) is 0 Å². The molecule has 2 saturated heterocycles. The standard InChI is InChI=1S/C13H14N4O8S/c18-13(19)15-7-1-3-10(15)9(5-7)14-26(24,25)12-4-2-8(16(20)21)6-11(12)17(22)23/h2,4,6-7,9-10,14H,1,3,5H2,(H,18,19)/t7-,9+,10+/m0/s1. The van der Waals surface area contributed by atoms with E-state index < -0.39 is 54.3 Å². The molecule has 3 rings (SSSR count). The topological polar surface area (TPSA) is 173 Å². The molecule has 2 bridgehead atoms. The van der Waals surface area contributed by atoms with E-state index in [1.807, 2.05) is 0 Å². The minimum atomic E-state index is -4.37. The lowest BCUT2D eigenvalue weighted by molar-refractivity contribution is -0.396. The number of hydrogen-bond donors (Lipinski definition) is 2. The van der Waals surface area contributed by atoms with Crippen LogP contribution in [0.5, 0.6) is 0 Å². The fourth-order valence-electron chi connectivity index (χ4n) is 3.67. The van der Waals surface area contributed by atoms with Gasteiger partial charge in [-0.2, -0.15) is 0 Å². The number of fused-ring (bicyclic) bond motifs is 2. The maximum Gasteiger partial charge on any atom is 0.407 e. The third-order valence-corrected chi connectivity index (χ3v) is 6.24. The Morgan fingerprint density at radius 3 is 2.46 bits per heavy atom. The van der Waals surface area contributed by atoms with Crippen LogP contribution >= 0.6 is 0 Å². The van der Waals surface area contributed by atoms with E-state index in [0.29, 0.717) is 18.9 Å². The normalized spacial score (nSPS) is 24.6. The van der Waals surface area contributed by atoms with Crippen molar-refractivity contribution in [3.05, 3.63) is 38.4 Å². The highest BCUT2D eigenvalue weighted by Gasteiger charge is 2.50. The predicted molar refractivity (Wildman–Crippen MR) is 85.2 cm³/mol. The van der Waals surface area contributed by atoms with Gasteiger partial charge in [0, 0.05) is 18.2 Å². The van der Waals surface area contributed by atoms with Crippen LogP contribution in [-0.4, -0.2) is 52.5 Å².